The fraction of sp³-hybridized carbons (Fsp3) is 0.188. The summed E-state index contributed by atoms with van der Waals surface area (Å²) in [6.45, 7) is 3.43. The Morgan fingerprint density at radius 3 is 2.35 bits per heavy atom. The molecule has 0 bridgehead atoms. The van der Waals surface area contributed by atoms with Crippen molar-refractivity contribution in [1.82, 2.24) is 5.32 Å². The van der Waals surface area contributed by atoms with Crippen LogP contribution in [0.25, 0.3) is 0 Å². The SMILES string of the molecule is CCN(C(=S)NCc1ccc(F)cc1)c1ccccc1. The fourth-order valence-corrected chi connectivity index (χ4v) is 2.23. The number of rotatable bonds is 4. The number of hydrogen-bond acceptors (Lipinski definition) is 1. The highest BCUT2D eigenvalue weighted by Gasteiger charge is 2.09. The van der Waals surface area contributed by atoms with E-state index >= 15 is 0 Å². The molecule has 0 aliphatic carbocycles. The van der Waals surface area contributed by atoms with Crippen LogP contribution in [0.1, 0.15) is 12.5 Å². The molecule has 0 radical (unpaired) electrons. The van der Waals surface area contributed by atoms with Crippen LogP contribution in [-0.4, -0.2) is 11.7 Å². The van der Waals surface area contributed by atoms with Gasteiger partial charge in [-0.05, 0) is 49.0 Å². The highest BCUT2D eigenvalue weighted by Crippen LogP contribution is 2.13. The molecule has 20 heavy (non-hydrogen) atoms. The Hall–Kier alpha value is -1.94. The quantitative estimate of drug-likeness (QED) is 0.863. The molecule has 4 heteroatoms. The number of halogens is 1. The van der Waals surface area contributed by atoms with Crippen molar-refractivity contribution in [2.75, 3.05) is 11.4 Å². The molecular weight excluding hydrogens is 271 g/mol. The number of anilines is 1. The van der Waals surface area contributed by atoms with Crippen molar-refractivity contribution >= 4 is 23.0 Å². The second kappa shape index (κ2) is 7.01. The van der Waals surface area contributed by atoms with Crippen molar-refractivity contribution in [1.29, 1.82) is 0 Å². The van der Waals surface area contributed by atoms with Crippen molar-refractivity contribution in [2.45, 2.75) is 13.5 Å². The molecule has 0 saturated carbocycles. The highest BCUT2D eigenvalue weighted by atomic mass is 32.1. The lowest BCUT2D eigenvalue weighted by Crippen LogP contribution is -2.39. The average molecular weight is 288 g/mol. The van der Waals surface area contributed by atoms with Crippen LogP contribution in [0.4, 0.5) is 10.1 Å². The standard InChI is InChI=1S/C16H17FN2S/c1-2-19(15-6-4-3-5-7-15)16(20)18-12-13-8-10-14(17)11-9-13/h3-11H,2,12H2,1H3,(H,18,20). The summed E-state index contributed by atoms with van der Waals surface area (Å²) < 4.78 is 12.8. The Kier molecular flexibility index (Phi) is 5.07. The maximum atomic E-state index is 12.8. The topological polar surface area (TPSA) is 15.3 Å². The second-order valence-corrected chi connectivity index (χ2v) is 4.75. The van der Waals surface area contributed by atoms with E-state index in [-0.39, 0.29) is 5.82 Å². The minimum Gasteiger partial charge on any atom is -0.358 e. The van der Waals surface area contributed by atoms with Crippen molar-refractivity contribution in [3.05, 3.63) is 66.0 Å². The molecule has 0 aliphatic rings. The van der Waals surface area contributed by atoms with Crippen LogP contribution in [0.15, 0.2) is 54.6 Å². The van der Waals surface area contributed by atoms with Gasteiger partial charge in [-0.25, -0.2) is 4.39 Å². The lowest BCUT2D eigenvalue weighted by Gasteiger charge is -2.24. The van der Waals surface area contributed by atoms with Crippen LogP contribution in [-0.2, 0) is 6.54 Å². The highest BCUT2D eigenvalue weighted by molar-refractivity contribution is 7.80. The van der Waals surface area contributed by atoms with Gasteiger partial charge in [-0.2, -0.15) is 0 Å². The Morgan fingerprint density at radius 1 is 1.10 bits per heavy atom. The summed E-state index contributed by atoms with van der Waals surface area (Å²) in [5.41, 5.74) is 2.06. The molecule has 2 nitrogen and oxygen atoms in total. The van der Waals surface area contributed by atoms with E-state index in [0.29, 0.717) is 11.7 Å². The molecule has 2 rings (SSSR count). The first-order chi connectivity index (χ1) is 9.70. The smallest absolute Gasteiger partial charge is 0.173 e. The molecule has 0 aromatic heterocycles. The first-order valence-electron chi connectivity index (χ1n) is 6.55. The van der Waals surface area contributed by atoms with Crippen molar-refractivity contribution in [2.24, 2.45) is 0 Å². The van der Waals surface area contributed by atoms with E-state index in [1.54, 1.807) is 12.1 Å². The largest absolute Gasteiger partial charge is 0.358 e. The molecule has 2 aromatic rings. The van der Waals surface area contributed by atoms with Gasteiger partial charge < -0.3 is 10.2 Å². The van der Waals surface area contributed by atoms with Crippen LogP contribution < -0.4 is 10.2 Å². The van der Waals surface area contributed by atoms with Gasteiger partial charge in [0, 0.05) is 18.8 Å². The number of para-hydroxylation sites is 1. The van der Waals surface area contributed by atoms with E-state index in [0.717, 1.165) is 17.8 Å². The van der Waals surface area contributed by atoms with E-state index in [1.807, 2.05) is 35.2 Å². The summed E-state index contributed by atoms with van der Waals surface area (Å²) >= 11 is 5.42. The predicted octanol–water partition coefficient (Wildman–Crippen LogP) is 3.73. The summed E-state index contributed by atoms with van der Waals surface area (Å²) in [6, 6.07) is 16.4. The molecule has 104 valence electrons. The van der Waals surface area contributed by atoms with Crippen LogP contribution in [0.5, 0.6) is 0 Å². The van der Waals surface area contributed by atoms with E-state index in [4.69, 9.17) is 12.2 Å². The first kappa shape index (κ1) is 14.5. The number of nitrogens with one attached hydrogen (secondary N) is 1. The summed E-state index contributed by atoms with van der Waals surface area (Å²) in [5.74, 6) is -0.226. The zero-order valence-corrected chi connectivity index (χ0v) is 12.2. The minimum atomic E-state index is -0.226. The van der Waals surface area contributed by atoms with Gasteiger partial charge >= 0.3 is 0 Å². The molecule has 0 fully saturated rings. The fourth-order valence-electron chi connectivity index (χ4n) is 1.93. The molecule has 2 aromatic carbocycles. The molecule has 0 atom stereocenters. The normalized spacial score (nSPS) is 10.1. The van der Waals surface area contributed by atoms with Gasteiger partial charge in [0.2, 0.25) is 0 Å². The molecule has 0 unspecified atom stereocenters. The third-order valence-corrected chi connectivity index (χ3v) is 3.35. The van der Waals surface area contributed by atoms with Gasteiger partial charge in [0.15, 0.2) is 5.11 Å². The third kappa shape index (κ3) is 3.78. The lowest BCUT2D eigenvalue weighted by molar-refractivity contribution is 0.626. The first-order valence-corrected chi connectivity index (χ1v) is 6.96. The number of thiocarbonyl (C=S) groups is 1. The number of benzene rings is 2. The molecular formula is C16H17FN2S. The predicted molar refractivity (Wildman–Crippen MR) is 85.3 cm³/mol. The molecule has 0 amide bonds. The molecule has 0 aliphatic heterocycles. The zero-order chi connectivity index (χ0) is 14.4. The maximum Gasteiger partial charge on any atom is 0.173 e. The van der Waals surface area contributed by atoms with Gasteiger partial charge in [0.05, 0.1) is 0 Å². The van der Waals surface area contributed by atoms with Crippen molar-refractivity contribution in [3.63, 3.8) is 0 Å². The Balaban J connectivity index is 1.98. The van der Waals surface area contributed by atoms with Crippen molar-refractivity contribution in [3.8, 4) is 0 Å². The second-order valence-electron chi connectivity index (χ2n) is 4.36. The van der Waals surface area contributed by atoms with E-state index in [1.165, 1.54) is 12.1 Å². The third-order valence-electron chi connectivity index (χ3n) is 2.99. The summed E-state index contributed by atoms with van der Waals surface area (Å²) in [7, 11) is 0. The van der Waals surface area contributed by atoms with Crippen LogP contribution in [0, 0.1) is 5.82 Å². The minimum absolute atomic E-state index is 0.226. The van der Waals surface area contributed by atoms with Gasteiger partial charge in [-0.15, -0.1) is 0 Å². The Morgan fingerprint density at radius 2 is 1.75 bits per heavy atom. The summed E-state index contributed by atoms with van der Waals surface area (Å²) in [5, 5.41) is 3.87. The summed E-state index contributed by atoms with van der Waals surface area (Å²) in [6.07, 6.45) is 0. The molecule has 1 N–H and O–H groups in total. The van der Waals surface area contributed by atoms with Gasteiger partial charge in [0.1, 0.15) is 5.82 Å². The zero-order valence-electron chi connectivity index (χ0n) is 11.3. The van der Waals surface area contributed by atoms with E-state index in [9.17, 15) is 4.39 Å². The number of hydrogen-bond donors (Lipinski definition) is 1. The molecule has 0 heterocycles. The maximum absolute atomic E-state index is 12.8. The summed E-state index contributed by atoms with van der Waals surface area (Å²) in [4.78, 5) is 2.03. The molecule has 0 saturated heterocycles. The monoisotopic (exact) mass is 288 g/mol. The number of nitrogens with zero attached hydrogens (tertiary/aromatic N) is 1. The van der Waals surface area contributed by atoms with E-state index in [2.05, 4.69) is 12.2 Å². The van der Waals surface area contributed by atoms with Gasteiger partial charge in [0.25, 0.3) is 0 Å². The molecule has 0 spiro atoms. The Bertz CT molecular complexity index is 554. The lowest BCUT2D eigenvalue weighted by atomic mass is 10.2. The van der Waals surface area contributed by atoms with Crippen molar-refractivity contribution < 1.29 is 4.39 Å². The van der Waals surface area contributed by atoms with Crippen LogP contribution >= 0.6 is 12.2 Å². The Labute approximate surface area is 124 Å². The van der Waals surface area contributed by atoms with E-state index < -0.39 is 0 Å². The van der Waals surface area contributed by atoms with Crippen LogP contribution in [0.2, 0.25) is 0 Å². The van der Waals surface area contributed by atoms with Crippen LogP contribution in [0.3, 0.4) is 0 Å². The van der Waals surface area contributed by atoms with Gasteiger partial charge in [-0.1, -0.05) is 30.3 Å². The van der Waals surface area contributed by atoms with Gasteiger partial charge in [-0.3, -0.25) is 0 Å². The average Bonchev–Trinajstić information content (AvgIpc) is 2.48.